The molecule has 0 aliphatic heterocycles. The molecule has 8 heteroatoms. The molecule has 164 valence electrons. The quantitative estimate of drug-likeness (QED) is 0.478. The Morgan fingerprint density at radius 3 is 2.47 bits per heavy atom. The third kappa shape index (κ3) is 8.14. The van der Waals surface area contributed by atoms with Crippen LogP contribution in [0.15, 0.2) is 47.7 Å². The number of carbonyl (C=O) groups is 1. The molecule has 1 amide bonds. The van der Waals surface area contributed by atoms with Crippen molar-refractivity contribution in [3.05, 3.63) is 48.3 Å². The van der Waals surface area contributed by atoms with Gasteiger partial charge in [0.05, 0.1) is 24.0 Å². The molecular weight excluding hydrogens is 380 g/mol. The number of nitrogens with one attached hydrogen (secondary N) is 3. The second-order valence-electron chi connectivity index (χ2n) is 8.69. The summed E-state index contributed by atoms with van der Waals surface area (Å²) in [5.74, 6) is 0.670. The van der Waals surface area contributed by atoms with Crippen molar-refractivity contribution in [1.82, 2.24) is 25.7 Å². The highest BCUT2D eigenvalue weighted by Crippen LogP contribution is 2.10. The Hall–Kier alpha value is -3.03. The molecule has 0 saturated carbocycles. The molecular formula is C22H34N6O2. The van der Waals surface area contributed by atoms with Crippen LogP contribution in [0.25, 0.3) is 5.69 Å². The largest absolute Gasteiger partial charge is 0.444 e. The molecule has 2 aromatic rings. The monoisotopic (exact) mass is 414 g/mol. The lowest BCUT2D eigenvalue weighted by molar-refractivity contribution is 0.0474. The lowest BCUT2D eigenvalue weighted by Gasteiger charge is -2.29. The highest BCUT2D eigenvalue weighted by Gasteiger charge is 2.24. The molecule has 0 unspecified atom stereocenters. The van der Waals surface area contributed by atoms with Crippen LogP contribution in [0.5, 0.6) is 0 Å². The van der Waals surface area contributed by atoms with Crippen LogP contribution >= 0.6 is 0 Å². The van der Waals surface area contributed by atoms with E-state index in [0.29, 0.717) is 19.0 Å². The maximum Gasteiger partial charge on any atom is 0.408 e. The maximum atomic E-state index is 12.1. The molecule has 2 rings (SSSR count). The summed E-state index contributed by atoms with van der Waals surface area (Å²) in [7, 11) is 0. The number of para-hydroxylation sites is 1. The van der Waals surface area contributed by atoms with E-state index in [1.165, 1.54) is 0 Å². The fourth-order valence-electron chi connectivity index (χ4n) is 2.60. The number of aliphatic imine (C=N–C) groups is 1. The fraction of sp³-hybridized carbons (Fsp3) is 0.500. The van der Waals surface area contributed by atoms with E-state index in [9.17, 15) is 4.79 Å². The average Bonchev–Trinajstić information content (AvgIpc) is 3.12. The molecule has 1 heterocycles. The number of hydrogen-bond acceptors (Lipinski definition) is 4. The van der Waals surface area contributed by atoms with Gasteiger partial charge in [-0.25, -0.2) is 14.5 Å². The van der Waals surface area contributed by atoms with Crippen molar-refractivity contribution in [3.8, 4) is 5.69 Å². The molecule has 0 aliphatic carbocycles. The number of alkyl carbamates (subject to hydrolysis) is 1. The van der Waals surface area contributed by atoms with Gasteiger partial charge in [0.15, 0.2) is 5.96 Å². The van der Waals surface area contributed by atoms with E-state index in [2.05, 4.69) is 26.0 Å². The summed E-state index contributed by atoms with van der Waals surface area (Å²) in [4.78, 5) is 16.7. The molecule has 0 atom stereocenters. The second kappa shape index (κ2) is 10.1. The highest BCUT2D eigenvalue weighted by atomic mass is 16.6. The molecule has 1 aromatic heterocycles. The number of carbonyl (C=O) groups excluding carboxylic acids is 1. The van der Waals surface area contributed by atoms with E-state index >= 15 is 0 Å². The van der Waals surface area contributed by atoms with Gasteiger partial charge in [0.1, 0.15) is 5.60 Å². The van der Waals surface area contributed by atoms with Crippen LogP contribution in [0, 0.1) is 0 Å². The van der Waals surface area contributed by atoms with Gasteiger partial charge in [-0.3, -0.25) is 0 Å². The van der Waals surface area contributed by atoms with Crippen molar-refractivity contribution in [2.24, 2.45) is 4.99 Å². The van der Waals surface area contributed by atoms with Crippen LogP contribution in [0.3, 0.4) is 0 Å². The summed E-state index contributed by atoms with van der Waals surface area (Å²) in [6, 6.07) is 9.95. The van der Waals surface area contributed by atoms with Gasteiger partial charge in [0.25, 0.3) is 0 Å². The fourth-order valence-corrected chi connectivity index (χ4v) is 2.60. The van der Waals surface area contributed by atoms with Crippen LogP contribution in [-0.4, -0.2) is 46.1 Å². The van der Waals surface area contributed by atoms with Crippen molar-refractivity contribution in [1.29, 1.82) is 0 Å². The van der Waals surface area contributed by atoms with Crippen LogP contribution in [0.1, 0.15) is 47.1 Å². The standard InChI is InChI=1S/C22H34N6O2/c1-7-23-19(25-16-22(5,6)27-20(29)30-21(2,3)4)24-13-17-14-26-28(15-17)18-11-9-8-10-12-18/h8-12,14-15H,7,13,16H2,1-6H3,(H,27,29)(H2,23,24,25). The van der Waals surface area contributed by atoms with Crippen LogP contribution in [-0.2, 0) is 11.3 Å². The van der Waals surface area contributed by atoms with Gasteiger partial charge < -0.3 is 20.7 Å². The molecule has 0 fully saturated rings. The SMILES string of the molecule is CCNC(=NCc1cnn(-c2ccccc2)c1)NCC(C)(C)NC(=O)OC(C)(C)C. The van der Waals surface area contributed by atoms with Crippen molar-refractivity contribution in [2.45, 2.75) is 59.2 Å². The van der Waals surface area contributed by atoms with Crippen LogP contribution < -0.4 is 16.0 Å². The lowest BCUT2D eigenvalue weighted by atomic mass is 10.1. The highest BCUT2D eigenvalue weighted by molar-refractivity contribution is 5.80. The molecule has 0 radical (unpaired) electrons. The van der Waals surface area contributed by atoms with Gasteiger partial charge >= 0.3 is 6.09 Å². The molecule has 3 N–H and O–H groups in total. The Morgan fingerprint density at radius 2 is 1.83 bits per heavy atom. The Kier molecular flexibility index (Phi) is 7.86. The van der Waals surface area contributed by atoms with E-state index in [1.54, 1.807) is 0 Å². The number of aromatic nitrogens is 2. The van der Waals surface area contributed by atoms with E-state index < -0.39 is 17.2 Å². The Balaban J connectivity index is 1.94. The lowest BCUT2D eigenvalue weighted by Crippen LogP contribution is -2.54. The Bertz CT molecular complexity index is 837. The van der Waals surface area contributed by atoms with Gasteiger partial charge in [-0.15, -0.1) is 0 Å². The van der Waals surface area contributed by atoms with Crippen molar-refractivity contribution >= 4 is 12.1 Å². The minimum atomic E-state index is -0.534. The van der Waals surface area contributed by atoms with E-state index in [-0.39, 0.29) is 0 Å². The first kappa shape index (κ1) is 23.3. The molecule has 0 saturated heterocycles. The van der Waals surface area contributed by atoms with Gasteiger partial charge in [-0.2, -0.15) is 5.10 Å². The minimum absolute atomic E-state index is 0.440. The maximum absolute atomic E-state index is 12.1. The van der Waals surface area contributed by atoms with Gasteiger partial charge in [-0.1, -0.05) is 18.2 Å². The number of benzene rings is 1. The summed E-state index contributed by atoms with van der Waals surface area (Å²) in [5, 5.41) is 13.8. The Morgan fingerprint density at radius 1 is 1.13 bits per heavy atom. The summed E-state index contributed by atoms with van der Waals surface area (Å²) in [6.45, 7) is 13.1. The molecule has 0 aliphatic rings. The van der Waals surface area contributed by atoms with Gasteiger partial charge in [0.2, 0.25) is 0 Å². The number of ether oxygens (including phenoxy) is 1. The first-order valence-corrected chi connectivity index (χ1v) is 10.2. The summed E-state index contributed by atoms with van der Waals surface area (Å²) < 4.78 is 7.17. The number of rotatable bonds is 7. The third-order valence-corrected chi connectivity index (χ3v) is 3.96. The molecule has 0 spiro atoms. The summed E-state index contributed by atoms with van der Waals surface area (Å²) >= 11 is 0. The topological polar surface area (TPSA) is 92.6 Å². The van der Waals surface area contributed by atoms with Crippen LogP contribution in [0.2, 0.25) is 0 Å². The van der Waals surface area contributed by atoms with Crippen molar-refractivity contribution < 1.29 is 9.53 Å². The summed E-state index contributed by atoms with van der Waals surface area (Å²) in [5.41, 5.74) is 0.958. The number of guanidine groups is 1. The predicted octanol–water partition coefficient (Wildman–Crippen LogP) is 3.23. The van der Waals surface area contributed by atoms with E-state index in [4.69, 9.17) is 4.74 Å². The first-order valence-electron chi connectivity index (χ1n) is 10.2. The predicted molar refractivity (Wildman–Crippen MR) is 120 cm³/mol. The first-order chi connectivity index (χ1) is 14.1. The second-order valence-corrected chi connectivity index (χ2v) is 8.69. The zero-order valence-electron chi connectivity index (χ0n) is 18.8. The van der Waals surface area contributed by atoms with Crippen molar-refractivity contribution in [3.63, 3.8) is 0 Å². The number of nitrogens with zero attached hydrogens (tertiary/aromatic N) is 3. The van der Waals surface area contributed by atoms with Gasteiger partial charge in [0, 0.05) is 24.8 Å². The Labute approximate surface area is 179 Å². The molecule has 8 nitrogen and oxygen atoms in total. The number of amides is 1. The average molecular weight is 415 g/mol. The number of hydrogen-bond donors (Lipinski definition) is 3. The molecule has 0 bridgehead atoms. The zero-order valence-corrected chi connectivity index (χ0v) is 18.8. The molecule has 30 heavy (non-hydrogen) atoms. The summed E-state index contributed by atoms with van der Waals surface area (Å²) in [6.07, 6.45) is 3.34. The third-order valence-electron chi connectivity index (χ3n) is 3.96. The smallest absolute Gasteiger partial charge is 0.408 e. The van der Waals surface area contributed by atoms with Crippen molar-refractivity contribution in [2.75, 3.05) is 13.1 Å². The van der Waals surface area contributed by atoms with E-state index in [0.717, 1.165) is 17.8 Å². The van der Waals surface area contributed by atoms with Crippen LogP contribution in [0.4, 0.5) is 4.79 Å². The zero-order chi connectivity index (χ0) is 22.2. The normalized spacial score (nSPS) is 12.4. The van der Waals surface area contributed by atoms with E-state index in [1.807, 2.05) is 88.9 Å². The minimum Gasteiger partial charge on any atom is -0.444 e. The van der Waals surface area contributed by atoms with Gasteiger partial charge in [-0.05, 0) is 53.7 Å². The molecule has 1 aromatic carbocycles.